The van der Waals surface area contributed by atoms with Gasteiger partial charge in [-0.05, 0) is 17.5 Å². The smallest absolute Gasteiger partial charge is 0.273 e. The van der Waals surface area contributed by atoms with Gasteiger partial charge in [-0.25, -0.2) is 4.98 Å². The second-order valence-corrected chi connectivity index (χ2v) is 6.81. The lowest BCUT2D eigenvalue weighted by atomic mass is 9.94. The van der Waals surface area contributed by atoms with E-state index in [2.05, 4.69) is 18.8 Å². The summed E-state index contributed by atoms with van der Waals surface area (Å²) < 4.78 is 0. The largest absolute Gasteiger partial charge is 0.333 e. The van der Waals surface area contributed by atoms with Crippen LogP contribution in [0.1, 0.15) is 40.9 Å². The van der Waals surface area contributed by atoms with Crippen molar-refractivity contribution in [3.8, 4) is 0 Å². The number of aromatic nitrogens is 1. The topological polar surface area (TPSA) is 59.2 Å². The van der Waals surface area contributed by atoms with Crippen LogP contribution in [0.15, 0.2) is 29.6 Å². The summed E-state index contributed by atoms with van der Waals surface area (Å²) in [4.78, 5) is 18.7. The molecule has 22 heavy (non-hydrogen) atoms. The van der Waals surface area contributed by atoms with Crippen molar-refractivity contribution in [1.82, 2.24) is 9.88 Å². The zero-order valence-electron chi connectivity index (χ0n) is 12.9. The maximum Gasteiger partial charge on any atom is 0.273 e. The van der Waals surface area contributed by atoms with Crippen molar-refractivity contribution in [2.45, 2.75) is 26.4 Å². The molecule has 0 fully saturated rings. The number of hydrogen-bond donors (Lipinski definition) is 1. The number of carbonyl (C=O) groups is 1. The van der Waals surface area contributed by atoms with Gasteiger partial charge in [0.1, 0.15) is 10.7 Å². The normalized spacial score (nSPS) is 12.5. The second-order valence-electron chi connectivity index (χ2n) is 5.46. The Balaban J connectivity index is 2.32. The van der Waals surface area contributed by atoms with Crippen LogP contribution in [0.5, 0.6) is 0 Å². The second kappa shape index (κ2) is 7.22. The molecule has 1 amide bonds. The summed E-state index contributed by atoms with van der Waals surface area (Å²) in [7, 11) is 1.79. The Morgan fingerprint density at radius 3 is 2.64 bits per heavy atom. The number of halogens is 1. The number of benzene rings is 1. The number of thiazole rings is 1. The minimum Gasteiger partial charge on any atom is -0.333 e. The highest BCUT2D eigenvalue weighted by Crippen LogP contribution is 2.33. The standard InChI is InChI=1S/C16H20ClN3OS/c1-10(2)15(11-6-4-5-7-12(11)17)20(3)16(21)13-9-22-14(8-18)19-13/h4-7,9-10,15H,8,18H2,1-3H3. The van der Waals surface area contributed by atoms with Gasteiger partial charge in [-0.15, -0.1) is 11.3 Å². The summed E-state index contributed by atoms with van der Waals surface area (Å²) >= 11 is 7.72. The van der Waals surface area contributed by atoms with Crippen molar-refractivity contribution < 1.29 is 4.79 Å². The molecule has 0 aliphatic carbocycles. The average Bonchev–Trinajstić information content (AvgIpc) is 2.97. The van der Waals surface area contributed by atoms with Crippen LogP contribution in [-0.2, 0) is 6.54 Å². The summed E-state index contributed by atoms with van der Waals surface area (Å²) in [5.74, 6) is 0.107. The zero-order chi connectivity index (χ0) is 16.3. The molecule has 2 N–H and O–H groups in total. The molecule has 1 unspecified atom stereocenters. The molecule has 2 aromatic rings. The summed E-state index contributed by atoms with van der Waals surface area (Å²) in [6.45, 7) is 4.49. The summed E-state index contributed by atoms with van der Waals surface area (Å²) in [5.41, 5.74) is 6.95. The summed E-state index contributed by atoms with van der Waals surface area (Å²) in [6.07, 6.45) is 0. The Morgan fingerprint density at radius 2 is 2.09 bits per heavy atom. The van der Waals surface area contributed by atoms with Gasteiger partial charge in [-0.3, -0.25) is 4.79 Å². The fourth-order valence-corrected chi connectivity index (χ4v) is 3.44. The molecule has 1 heterocycles. The van der Waals surface area contributed by atoms with Crippen LogP contribution in [0.2, 0.25) is 5.02 Å². The van der Waals surface area contributed by atoms with Crippen LogP contribution >= 0.6 is 22.9 Å². The lowest BCUT2D eigenvalue weighted by Crippen LogP contribution is -2.34. The first-order chi connectivity index (χ1) is 10.5. The Labute approximate surface area is 139 Å². The fraction of sp³-hybridized carbons (Fsp3) is 0.375. The monoisotopic (exact) mass is 337 g/mol. The van der Waals surface area contributed by atoms with Gasteiger partial charge >= 0.3 is 0 Å². The van der Waals surface area contributed by atoms with E-state index in [1.807, 2.05) is 24.3 Å². The molecular weight excluding hydrogens is 318 g/mol. The van der Waals surface area contributed by atoms with Crippen molar-refractivity contribution in [2.24, 2.45) is 11.7 Å². The van der Waals surface area contributed by atoms with E-state index >= 15 is 0 Å². The third-order valence-corrected chi connectivity index (χ3v) is 4.75. The molecule has 0 aliphatic heterocycles. The molecule has 1 aromatic carbocycles. The van der Waals surface area contributed by atoms with Gasteiger partial charge in [0.25, 0.3) is 5.91 Å². The average molecular weight is 338 g/mol. The zero-order valence-corrected chi connectivity index (χ0v) is 14.5. The van der Waals surface area contributed by atoms with Gasteiger partial charge in [0.2, 0.25) is 0 Å². The van der Waals surface area contributed by atoms with E-state index in [0.717, 1.165) is 10.6 Å². The van der Waals surface area contributed by atoms with E-state index in [1.165, 1.54) is 11.3 Å². The van der Waals surface area contributed by atoms with E-state index in [9.17, 15) is 4.79 Å². The number of nitrogens with two attached hydrogens (primary N) is 1. The predicted molar refractivity (Wildman–Crippen MR) is 91.1 cm³/mol. The van der Waals surface area contributed by atoms with Crippen molar-refractivity contribution in [3.05, 3.63) is 50.9 Å². The maximum absolute atomic E-state index is 12.7. The molecule has 0 bridgehead atoms. The fourth-order valence-electron chi connectivity index (χ4n) is 2.54. The Hall–Kier alpha value is -1.43. The van der Waals surface area contributed by atoms with Crippen LogP contribution in [0.25, 0.3) is 0 Å². The third kappa shape index (κ3) is 3.48. The number of rotatable bonds is 5. The molecular formula is C16H20ClN3OS. The third-order valence-electron chi connectivity index (χ3n) is 3.54. The summed E-state index contributed by atoms with van der Waals surface area (Å²) in [5, 5.41) is 3.18. The molecule has 1 aromatic heterocycles. The number of carbonyl (C=O) groups excluding carboxylic acids is 1. The molecule has 0 spiro atoms. The highest BCUT2D eigenvalue weighted by Gasteiger charge is 2.28. The number of amides is 1. The molecule has 4 nitrogen and oxygen atoms in total. The number of hydrogen-bond acceptors (Lipinski definition) is 4. The molecule has 1 atom stereocenters. The minimum atomic E-state index is -0.116. The first-order valence-corrected chi connectivity index (χ1v) is 8.37. The van der Waals surface area contributed by atoms with E-state index < -0.39 is 0 Å². The quantitative estimate of drug-likeness (QED) is 0.904. The summed E-state index contributed by atoms with van der Waals surface area (Å²) in [6, 6.07) is 7.52. The first-order valence-electron chi connectivity index (χ1n) is 7.11. The molecule has 0 aliphatic rings. The highest BCUT2D eigenvalue weighted by atomic mass is 35.5. The van der Waals surface area contributed by atoms with Gasteiger partial charge in [-0.2, -0.15) is 0 Å². The van der Waals surface area contributed by atoms with Crippen LogP contribution in [0, 0.1) is 5.92 Å². The molecule has 0 radical (unpaired) electrons. The van der Waals surface area contributed by atoms with E-state index in [4.69, 9.17) is 17.3 Å². The Morgan fingerprint density at radius 1 is 1.41 bits per heavy atom. The number of nitrogens with zero attached hydrogens (tertiary/aromatic N) is 2. The van der Waals surface area contributed by atoms with Crippen LogP contribution in [0.3, 0.4) is 0 Å². The lowest BCUT2D eigenvalue weighted by molar-refractivity contribution is 0.0682. The van der Waals surface area contributed by atoms with Gasteiger partial charge in [-0.1, -0.05) is 43.6 Å². The molecule has 2 rings (SSSR count). The van der Waals surface area contributed by atoms with E-state index in [-0.39, 0.29) is 17.9 Å². The lowest BCUT2D eigenvalue weighted by Gasteiger charge is -2.32. The highest BCUT2D eigenvalue weighted by molar-refractivity contribution is 7.09. The van der Waals surface area contributed by atoms with Gasteiger partial charge < -0.3 is 10.6 Å². The van der Waals surface area contributed by atoms with Gasteiger partial charge in [0.15, 0.2) is 0 Å². The van der Waals surface area contributed by atoms with Crippen molar-refractivity contribution in [2.75, 3.05) is 7.05 Å². The Bertz CT molecular complexity index is 656. The Kier molecular flexibility index (Phi) is 5.56. The van der Waals surface area contributed by atoms with Crippen molar-refractivity contribution in [3.63, 3.8) is 0 Å². The molecule has 0 saturated carbocycles. The van der Waals surface area contributed by atoms with Crippen LogP contribution < -0.4 is 5.73 Å². The first kappa shape index (κ1) is 16.9. The molecule has 118 valence electrons. The van der Waals surface area contributed by atoms with Crippen LogP contribution in [0.4, 0.5) is 0 Å². The van der Waals surface area contributed by atoms with E-state index in [0.29, 0.717) is 17.3 Å². The van der Waals surface area contributed by atoms with Crippen LogP contribution in [-0.4, -0.2) is 22.8 Å². The maximum atomic E-state index is 12.7. The van der Waals surface area contributed by atoms with Gasteiger partial charge in [0, 0.05) is 24.0 Å². The van der Waals surface area contributed by atoms with Crippen molar-refractivity contribution in [1.29, 1.82) is 0 Å². The SMILES string of the molecule is CC(C)C(c1ccccc1Cl)N(C)C(=O)c1csc(CN)n1. The van der Waals surface area contributed by atoms with E-state index in [1.54, 1.807) is 17.3 Å². The molecule has 6 heteroatoms. The minimum absolute atomic E-state index is 0.107. The van der Waals surface area contributed by atoms with Gasteiger partial charge in [0.05, 0.1) is 6.04 Å². The molecule has 0 saturated heterocycles. The van der Waals surface area contributed by atoms with Crippen molar-refractivity contribution >= 4 is 28.8 Å². The predicted octanol–water partition coefficient (Wildman–Crippen LogP) is 3.72.